The van der Waals surface area contributed by atoms with Crippen LogP contribution in [0.15, 0.2) is 42.5 Å². The van der Waals surface area contributed by atoms with Crippen LogP contribution in [0.25, 0.3) is 6.08 Å². The number of hydrogen-bond donors (Lipinski definition) is 1. The highest BCUT2D eigenvalue weighted by atomic mass is 35.5. The number of benzene rings is 2. The highest BCUT2D eigenvalue weighted by Gasteiger charge is 2.06. The highest BCUT2D eigenvalue weighted by Crippen LogP contribution is 2.26. The van der Waals surface area contributed by atoms with Gasteiger partial charge < -0.3 is 5.11 Å². The van der Waals surface area contributed by atoms with Gasteiger partial charge >= 0.3 is 0 Å². The summed E-state index contributed by atoms with van der Waals surface area (Å²) in [6.45, 7) is 1.74. The molecule has 20 heavy (non-hydrogen) atoms. The third-order valence-electron chi connectivity index (χ3n) is 2.88. The number of hydrogen-bond acceptors (Lipinski definition) is 2. The maximum absolute atomic E-state index is 12.0. The van der Waals surface area contributed by atoms with Crippen molar-refractivity contribution in [1.29, 1.82) is 0 Å². The van der Waals surface area contributed by atoms with Crippen LogP contribution in [0.2, 0.25) is 10.0 Å². The molecule has 0 aromatic heterocycles. The van der Waals surface area contributed by atoms with Crippen molar-refractivity contribution in [3.8, 4) is 5.75 Å². The number of aryl methyl sites for hydroxylation is 1. The smallest absolute Gasteiger partial charge is 0.185 e. The van der Waals surface area contributed by atoms with E-state index in [0.29, 0.717) is 26.7 Å². The standard InChI is InChI=1S/C16H12Cl2O2/c1-10-9-12(6-7-14(10)19)15(20)8-5-11-3-2-4-13(17)16(11)18/h2-9,19H,1H3/b8-5+. The predicted molar refractivity (Wildman–Crippen MR) is 82.7 cm³/mol. The molecule has 0 bridgehead atoms. The van der Waals surface area contributed by atoms with Gasteiger partial charge in [0.2, 0.25) is 0 Å². The average Bonchev–Trinajstić information content (AvgIpc) is 2.43. The maximum Gasteiger partial charge on any atom is 0.185 e. The quantitative estimate of drug-likeness (QED) is 0.646. The molecular weight excluding hydrogens is 295 g/mol. The van der Waals surface area contributed by atoms with Crippen molar-refractivity contribution < 1.29 is 9.90 Å². The van der Waals surface area contributed by atoms with Crippen molar-refractivity contribution in [2.24, 2.45) is 0 Å². The molecule has 0 amide bonds. The molecule has 2 aromatic rings. The Morgan fingerprint density at radius 1 is 1.20 bits per heavy atom. The van der Waals surface area contributed by atoms with Crippen LogP contribution in [0.3, 0.4) is 0 Å². The summed E-state index contributed by atoms with van der Waals surface area (Å²) >= 11 is 11.9. The number of carbonyl (C=O) groups excluding carboxylic acids is 1. The van der Waals surface area contributed by atoms with Crippen LogP contribution < -0.4 is 0 Å². The molecule has 1 N–H and O–H groups in total. The average molecular weight is 307 g/mol. The SMILES string of the molecule is Cc1cc(C(=O)/C=C/c2cccc(Cl)c2Cl)ccc1O. The van der Waals surface area contributed by atoms with Crippen LogP contribution in [0, 0.1) is 6.92 Å². The molecule has 4 heteroatoms. The lowest BCUT2D eigenvalue weighted by atomic mass is 10.1. The largest absolute Gasteiger partial charge is 0.508 e. The number of allylic oxidation sites excluding steroid dienone is 1. The lowest BCUT2D eigenvalue weighted by molar-refractivity contribution is 0.104. The summed E-state index contributed by atoms with van der Waals surface area (Å²) in [6, 6.07) is 9.95. The number of ketones is 1. The summed E-state index contributed by atoms with van der Waals surface area (Å²) in [4.78, 5) is 12.0. The Balaban J connectivity index is 2.24. The Bertz CT molecular complexity index is 691. The first-order chi connectivity index (χ1) is 9.49. The first-order valence-electron chi connectivity index (χ1n) is 5.95. The van der Waals surface area contributed by atoms with E-state index in [9.17, 15) is 9.90 Å². The molecular formula is C16H12Cl2O2. The Labute approximate surface area is 127 Å². The fourth-order valence-corrected chi connectivity index (χ4v) is 2.09. The van der Waals surface area contributed by atoms with Crippen LogP contribution in [-0.2, 0) is 0 Å². The normalized spacial score (nSPS) is 10.9. The van der Waals surface area contributed by atoms with Crippen molar-refractivity contribution in [2.75, 3.05) is 0 Å². The van der Waals surface area contributed by atoms with Crippen LogP contribution in [0.5, 0.6) is 5.75 Å². The van der Waals surface area contributed by atoms with E-state index in [1.807, 2.05) is 0 Å². The molecule has 102 valence electrons. The molecule has 0 aliphatic heterocycles. The van der Waals surface area contributed by atoms with Gasteiger partial charge in [0.1, 0.15) is 5.75 Å². The van der Waals surface area contributed by atoms with Crippen molar-refractivity contribution in [1.82, 2.24) is 0 Å². The van der Waals surface area contributed by atoms with Gasteiger partial charge in [-0.2, -0.15) is 0 Å². The van der Waals surface area contributed by atoms with Gasteiger partial charge in [0.15, 0.2) is 5.78 Å². The van der Waals surface area contributed by atoms with Crippen molar-refractivity contribution in [3.05, 3.63) is 69.2 Å². The topological polar surface area (TPSA) is 37.3 Å². The molecule has 0 heterocycles. The van der Waals surface area contributed by atoms with Crippen molar-refractivity contribution in [2.45, 2.75) is 6.92 Å². The van der Waals surface area contributed by atoms with Gasteiger partial charge in [0, 0.05) is 5.56 Å². The van der Waals surface area contributed by atoms with E-state index >= 15 is 0 Å². The monoisotopic (exact) mass is 306 g/mol. The fraction of sp³-hybridized carbons (Fsp3) is 0.0625. The number of phenols is 1. The first kappa shape index (κ1) is 14.6. The van der Waals surface area contributed by atoms with E-state index in [2.05, 4.69) is 0 Å². The summed E-state index contributed by atoms with van der Waals surface area (Å²) < 4.78 is 0. The van der Waals surface area contributed by atoms with Crippen molar-refractivity contribution >= 4 is 35.1 Å². The van der Waals surface area contributed by atoms with E-state index in [1.165, 1.54) is 12.1 Å². The Hall–Kier alpha value is -1.77. The summed E-state index contributed by atoms with van der Waals surface area (Å²) in [5, 5.41) is 10.3. The second-order valence-corrected chi connectivity index (χ2v) is 5.13. The zero-order valence-electron chi connectivity index (χ0n) is 10.7. The number of halogens is 2. The predicted octanol–water partition coefficient (Wildman–Crippen LogP) is 4.90. The zero-order chi connectivity index (χ0) is 14.7. The molecule has 0 aliphatic rings. The second kappa shape index (κ2) is 6.12. The highest BCUT2D eigenvalue weighted by molar-refractivity contribution is 6.42. The summed E-state index contributed by atoms with van der Waals surface area (Å²) in [5.41, 5.74) is 1.85. The minimum absolute atomic E-state index is 0.163. The second-order valence-electron chi connectivity index (χ2n) is 4.34. The van der Waals surface area contributed by atoms with Gasteiger partial charge in [-0.25, -0.2) is 0 Å². The van der Waals surface area contributed by atoms with Crippen LogP contribution in [-0.4, -0.2) is 10.9 Å². The molecule has 0 aliphatic carbocycles. The molecule has 0 saturated carbocycles. The van der Waals surface area contributed by atoms with Gasteiger partial charge in [0.05, 0.1) is 10.0 Å². The molecule has 0 atom stereocenters. The van der Waals surface area contributed by atoms with Crippen LogP contribution in [0.4, 0.5) is 0 Å². The molecule has 0 radical (unpaired) electrons. The molecule has 0 spiro atoms. The Morgan fingerprint density at radius 2 is 1.95 bits per heavy atom. The summed E-state index contributed by atoms with van der Waals surface area (Å²) in [6.07, 6.45) is 3.06. The first-order valence-corrected chi connectivity index (χ1v) is 6.70. The Morgan fingerprint density at radius 3 is 2.65 bits per heavy atom. The number of rotatable bonds is 3. The Kier molecular flexibility index (Phi) is 4.48. The van der Waals surface area contributed by atoms with E-state index in [4.69, 9.17) is 23.2 Å². The molecule has 2 rings (SSSR count). The summed E-state index contributed by atoms with van der Waals surface area (Å²) in [7, 11) is 0. The van der Waals surface area contributed by atoms with Gasteiger partial charge in [-0.3, -0.25) is 4.79 Å². The van der Waals surface area contributed by atoms with Gasteiger partial charge in [-0.1, -0.05) is 35.3 Å². The lowest BCUT2D eigenvalue weighted by Gasteiger charge is -2.02. The molecule has 2 aromatic carbocycles. The van der Waals surface area contributed by atoms with E-state index in [1.54, 1.807) is 43.3 Å². The van der Waals surface area contributed by atoms with Crippen LogP contribution in [0.1, 0.15) is 21.5 Å². The van der Waals surface area contributed by atoms with Gasteiger partial charge in [0.25, 0.3) is 0 Å². The van der Waals surface area contributed by atoms with Gasteiger partial charge in [-0.15, -0.1) is 0 Å². The molecule has 0 unspecified atom stereocenters. The summed E-state index contributed by atoms with van der Waals surface area (Å²) in [5.74, 6) is 0.00700. The lowest BCUT2D eigenvalue weighted by Crippen LogP contribution is -1.94. The fourth-order valence-electron chi connectivity index (χ4n) is 1.72. The van der Waals surface area contributed by atoms with Gasteiger partial charge in [-0.05, 0) is 54.5 Å². The molecule has 0 saturated heterocycles. The number of carbonyl (C=O) groups is 1. The molecule has 2 nitrogen and oxygen atoms in total. The minimum Gasteiger partial charge on any atom is -0.508 e. The van der Waals surface area contributed by atoms with Crippen LogP contribution >= 0.6 is 23.2 Å². The maximum atomic E-state index is 12.0. The van der Waals surface area contributed by atoms with E-state index in [-0.39, 0.29) is 11.5 Å². The van der Waals surface area contributed by atoms with E-state index < -0.39 is 0 Å². The zero-order valence-corrected chi connectivity index (χ0v) is 12.2. The molecule has 0 fully saturated rings. The minimum atomic E-state index is -0.163. The third kappa shape index (κ3) is 3.21. The number of phenolic OH excluding ortho intramolecular Hbond substituents is 1. The van der Waals surface area contributed by atoms with E-state index in [0.717, 1.165) is 0 Å². The third-order valence-corrected chi connectivity index (χ3v) is 3.71. The van der Waals surface area contributed by atoms with Crippen molar-refractivity contribution in [3.63, 3.8) is 0 Å². The number of aromatic hydroxyl groups is 1.